The minimum Gasteiger partial charge on any atom is -0.465 e. The second-order valence-electron chi connectivity index (χ2n) is 6.84. The van der Waals surface area contributed by atoms with Crippen LogP contribution in [0.2, 0.25) is 0 Å². The van der Waals surface area contributed by atoms with Crippen molar-refractivity contribution in [1.29, 1.82) is 0 Å². The van der Waals surface area contributed by atoms with Crippen LogP contribution in [0.15, 0.2) is 18.2 Å². The lowest BCUT2D eigenvalue weighted by Gasteiger charge is -2.42. The first-order valence-electron chi connectivity index (χ1n) is 7.52. The van der Waals surface area contributed by atoms with Crippen LogP contribution in [0.1, 0.15) is 42.3 Å². The summed E-state index contributed by atoms with van der Waals surface area (Å²) >= 11 is 0. The van der Waals surface area contributed by atoms with E-state index in [4.69, 9.17) is 4.74 Å². The van der Waals surface area contributed by atoms with Crippen molar-refractivity contribution in [2.75, 3.05) is 20.2 Å². The van der Waals surface area contributed by atoms with Gasteiger partial charge in [0.05, 0.1) is 25.8 Å². The van der Waals surface area contributed by atoms with E-state index in [0.29, 0.717) is 31.5 Å². The van der Waals surface area contributed by atoms with Crippen molar-refractivity contribution in [3.8, 4) is 0 Å². The maximum atomic E-state index is 11.9. The van der Waals surface area contributed by atoms with E-state index < -0.39 is 6.09 Å². The summed E-state index contributed by atoms with van der Waals surface area (Å²) < 4.78 is 4.79. The zero-order valence-corrected chi connectivity index (χ0v) is 13.7. The molecule has 5 heteroatoms. The van der Waals surface area contributed by atoms with Crippen molar-refractivity contribution in [2.45, 2.75) is 39.2 Å². The van der Waals surface area contributed by atoms with Gasteiger partial charge in [-0.3, -0.25) is 0 Å². The van der Waals surface area contributed by atoms with Crippen molar-refractivity contribution in [2.24, 2.45) is 0 Å². The summed E-state index contributed by atoms with van der Waals surface area (Å²) in [6.07, 6.45) is 0.554. The first-order valence-corrected chi connectivity index (χ1v) is 7.52. The number of methoxy groups -OCH3 is 1. The summed E-state index contributed by atoms with van der Waals surface area (Å²) in [5, 5.41) is 9.81. The molecule has 1 N–H and O–H groups in total. The van der Waals surface area contributed by atoms with Crippen molar-refractivity contribution >= 4 is 12.1 Å². The highest BCUT2D eigenvalue weighted by Crippen LogP contribution is 2.30. The van der Waals surface area contributed by atoms with E-state index in [1.165, 1.54) is 7.11 Å². The number of rotatable bonds is 1. The van der Waals surface area contributed by atoms with Crippen molar-refractivity contribution in [3.63, 3.8) is 0 Å². The number of ether oxygens (including phenoxy) is 1. The number of hydrogen-bond acceptors (Lipinski definition) is 3. The maximum absolute atomic E-state index is 11.9. The number of amides is 1. The van der Waals surface area contributed by atoms with Gasteiger partial charge in [0, 0.05) is 12.8 Å². The molecule has 0 fully saturated rings. The molecule has 0 saturated carbocycles. The summed E-state index contributed by atoms with van der Waals surface area (Å²) in [5.41, 5.74) is 2.32. The highest BCUT2D eigenvalue weighted by Gasteiger charge is 2.48. The topological polar surface area (TPSA) is 63.6 Å². The van der Waals surface area contributed by atoms with Gasteiger partial charge in [-0.1, -0.05) is 6.07 Å². The predicted octanol–water partition coefficient (Wildman–Crippen LogP) is 2.87. The summed E-state index contributed by atoms with van der Waals surface area (Å²) in [4.78, 5) is 23.6. The molecule has 1 heterocycles. The molecule has 5 nitrogen and oxygen atoms in total. The second kappa shape index (κ2) is 5.72. The average molecular weight is 306 g/mol. The first-order chi connectivity index (χ1) is 10.2. The van der Waals surface area contributed by atoms with E-state index in [9.17, 15) is 14.7 Å². The maximum Gasteiger partial charge on any atom is 0.514 e. The van der Waals surface area contributed by atoms with Crippen LogP contribution in [0.4, 0.5) is 4.79 Å². The highest BCUT2D eigenvalue weighted by molar-refractivity contribution is 5.89. The molecule has 0 spiro atoms. The Balaban J connectivity index is 2.37. The summed E-state index contributed by atoms with van der Waals surface area (Å²) in [5.74, 6) is -0.359. The van der Waals surface area contributed by atoms with E-state index in [0.717, 1.165) is 11.1 Å². The third kappa shape index (κ3) is 2.73. The van der Waals surface area contributed by atoms with E-state index in [2.05, 4.69) is 0 Å². The second-order valence-corrected chi connectivity index (χ2v) is 6.84. The molecule has 1 amide bonds. The normalized spacial score (nSPS) is 21.6. The Morgan fingerprint density at radius 1 is 1.14 bits per heavy atom. The van der Waals surface area contributed by atoms with Crippen LogP contribution in [0.25, 0.3) is 0 Å². The van der Waals surface area contributed by atoms with Gasteiger partial charge in [-0.25, -0.2) is 9.28 Å². The van der Waals surface area contributed by atoms with Gasteiger partial charge in [-0.2, -0.15) is 4.79 Å². The van der Waals surface area contributed by atoms with Gasteiger partial charge in [-0.15, -0.1) is 0 Å². The molecule has 0 saturated heterocycles. The van der Waals surface area contributed by atoms with Crippen LogP contribution in [-0.2, 0) is 17.6 Å². The van der Waals surface area contributed by atoms with E-state index >= 15 is 0 Å². The van der Waals surface area contributed by atoms with Crippen LogP contribution in [-0.4, -0.2) is 47.4 Å². The molecule has 1 atom stereocenters. The fourth-order valence-electron chi connectivity index (χ4n) is 3.23. The number of nitrogens with zero attached hydrogens (tertiary/aromatic N) is 1. The predicted molar refractivity (Wildman–Crippen MR) is 83.0 cm³/mol. The fraction of sp³-hybridized carbons (Fsp3) is 0.529. The van der Waals surface area contributed by atoms with Gasteiger partial charge in [0.15, 0.2) is 0 Å². The Morgan fingerprint density at radius 3 is 2.23 bits per heavy atom. The lowest BCUT2D eigenvalue weighted by Crippen LogP contribution is -2.64. The van der Waals surface area contributed by atoms with E-state index in [1.54, 1.807) is 6.07 Å². The highest BCUT2D eigenvalue weighted by atomic mass is 16.5. The monoisotopic (exact) mass is 306 g/mol. The molecule has 0 radical (unpaired) electrons. The standard InChI is InChI=1S/C17H23NO4/c1-17(2,3)18(16(20)21)9-7-12-5-6-14(15(19)22-4)11-13(12)8-10-18/h5-6,11H,7-10H2,1-4H3/p+1. The largest absolute Gasteiger partial charge is 0.514 e. The molecule has 120 valence electrons. The molecular formula is C17H24NO4+. The lowest BCUT2D eigenvalue weighted by molar-refractivity contribution is -0.902. The number of carboxylic acid groups (broad SMARTS) is 1. The van der Waals surface area contributed by atoms with Crippen LogP contribution in [0.5, 0.6) is 0 Å². The third-order valence-electron chi connectivity index (χ3n) is 4.80. The zero-order chi connectivity index (χ0) is 16.5. The molecule has 0 aliphatic carbocycles. The Hall–Kier alpha value is -1.88. The van der Waals surface area contributed by atoms with E-state index in [1.807, 2.05) is 32.9 Å². The number of quaternary nitrogens is 1. The third-order valence-corrected chi connectivity index (χ3v) is 4.80. The molecule has 2 rings (SSSR count). The Morgan fingerprint density at radius 2 is 1.73 bits per heavy atom. The number of fused-ring (bicyclic) bond motifs is 1. The van der Waals surface area contributed by atoms with Gasteiger partial charge in [0.2, 0.25) is 0 Å². The Bertz CT molecular complexity index is 603. The fourth-order valence-corrected chi connectivity index (χ4v) is 3.23. The van der Waals surface area contributed by atoms with Gasteiger partial charge in [0.1, 0.15) is 5.54 Å². The van der Waals surface area contributed by atoms with Crippen LogP contribution < -0.4 is 0 Å². The van der Waals surface area contributed by atoms with Crippen LogP contribution in [0, 0.1) is 0 Å². The van der Waals surface area contributed by atoms with Crippen LogP contribution >= 0.6 is 0 Å². The summed E-state index contributed by atoms with van der Waals surface area (Å²) in [7, 11) is 1.36. The minimum atomic E-state index is -0.784. The number of esters is 1. The van der Waals surface area contributed by atoms with Crippen molar-refractivity contribution in [3.05, 3.63) is 34.9 Å². The Kier molecular flexibility index (Phi) is 4.29. The van der Waals surface area contributed by atoms with Crippen LogP contribution in [0.3, 0.4) is 0 Å². The molecule has 1 unspecified atom stereocenters. The summed E-state index contributed by atoms with van der Waals surface area (Å²) in [6, 6.07) is 5.51. The van der Waals surface area contributed by atoms with Crippen molar-refractivity contribution < 1.29 is 23.9 Å². The molecule has 1 aromatic carbocycles. The summed E-state index contributed by atoms with van der Waals surface area (Å²) in [6.45, 7) is 6.99. The molecular weight excluding hydrogens is 282 g/mol. The van der Waals surface area contributed by atoms with E-state index in [-0.39, 0.29) is 16.0 Å². The molecule has 1 aromatic rings. The quantitative estimate of drug-likeness (QED) is 0.640. The molecule has 1 aliphatic rings. The van der Waals surface area contributed by atoms with Crippen molar-refractivity contribution in [1.82, 2.24) is 0 Å². The number of carbonyl (C=O) groups is 2. The average Bonchev–Trinajstić information content (AvgIpc) is 2.65. The zero-order valence-electron chi connectivity index (χ0n) is 13.7. The first kappa shape index (κ1) is 16.5. The lowest BCUT2D eigenvalue weighted by atomic mass is 10.0. The molecule has 1 aliphatic heterocycles. The number of benzene rings is 1. The smallest absolute Gasteiger partial charge is 0.465 e. The number of hydrogen-bond donors (Lipinski definition) is 1. The van der Waals surface area contributed by atoms with Gasteiger partial charge < -0.3 is 9.84 Å². The van der Waals surface area contributed by atoms with Gasteiger partial charge >= 0.3 is 12.1 Å². The molecule has 0 bridgehead atoms. The minimum absolute atomic E-state index is 0.0369. The van der Waals surface area contributed by atoms with Gasteiger partial charge in [-0.05, 0) is 44.0 Å². The molecule has 0 aromatic heterocycles. The Labute approximate surface area is 131 Å². The molecule has 22 heavy (non-hydrogen) atoms. The number of carbonyl (C=O) groups excluding carboxylic acids is 1. The SMILES string of the molecule is COC(=O)c1ccc2c(c1)CC[N+](C(=O)O)(C(C)(C)C)CC2. The van der Waals surface area contributed by atoms with Gasteiger partial charge in [0.25, 0.3) is 0 Å².